The summed E-state index contributed by atoms with van der Waals surface area (Å²) in [5, 5.41) is 9.14. The molecule has 0 aliphatic heterocycles. The molecule has 0 aliphatic carbocycles. The lowest BCUT2D eigenvalue weighted by atomic mass is 10.1. The zero-order valence-electron chi connectivity index (χ0n) is 13.3. The van der Waals surface area contributed by atoms with E-state index < -0.39 is 0 Å². The Labute approximate surface area is 127 Å². The molecule has 0 heterocycles. The lowest BCUT2D eigenvalue weighted by Crippen LogP contribution is -2.44. The van der Waals surface area contributed by atoms with E-state index in [-0.39, 0.29) is 25.2 Å². The highest BCUT2D eigenvalue weighted by Gasteiger charge is 2.20. The number of nitrogens with zero attached hydrogens (tertiary/aromatic N) is 1. The summed E-state index contributed by atoms with van der Waals surface area (Å²) in [7, 11) is 0. The van der Waals surface area contributed by atoms with Gasteiger partial charge in [0.2, 0.25) is 0 Å². The maximum absolute atomic E-state index is 12.3. The zero-order valence-corrected chi connectivity index (χ0v) is 13.3. The lowest BCUT2D eigenvalue weighted by molar-refractivity contribution is -0.136. The third-order valence-corrected chi connectivity index (χ3v) is 3.71. The Morgan fingerprint density at radius 3 is 2.57 bits per heavy atom. The molecule has 1 aromatic rings. The van der Waals surface area contributed by atoms with E-state index in [2.05, 4.69) is 20.8 Å². The molecule has 1 N–H and O–H groups in total. The van der Waals surface area contributed by atoms with Gasteiger partial charge in [-0.05, 0) is 37.0 Å². The van der Waals surface area contributed by atoms with E-state index in [0.29, 0.717) is 6.54 Å². The average Bonchev–Trinajstić information content (AvgIpc) is 2.53. The summed E-state index contributed by atoms with van der Waals surface area (Å²) in [5.74, 6) is 0.649. The predicted molar refractivity (Wildman–Crippen MR) is 84.5 cm³/mol. The molecule has 1 amide bonds. The number of hydrogen-bond donors (Lipinski definition) is 1. The Kier molecular flexibility index (Phi) is 7.83. The van der Waals surface area contributed by atoms with Crippen LogP contribution < -0.4 is 4.74 Å². The van der Waals surface area contributed by atoms with Crippen LogP contribution in [0.2, 0.25) is 0 Å². The summed E-state index contributed by atoms with van der Waals surface area (Å²) >= 11 is 0. The monoisotopic (exact) mass is 293 g/mol. The molecule has 0 radical (unpaired) electrons. The van der Waals surface area contributed by atoms with Crippen molar-refractivity contribution in [2.24, 2.45) is 0 Å². The third kappa shape index (κ3) is 5.38. The van der Waals surface area contributed by atoms with Crippen molar-refractivity contribution >= 4 is 5.91 Å². The molecule has 0 saturated heterocycles. The molecule has 1 aromatic carbocycles. The van der Waals surface area contributed by atoms with Crippen LogP contribution in [0.25, 0.3) is 0 Å². The highest BCUT2D eigenvalue weighted by atomic mass is 16.5. The molecule has 0 unspecified atom stereocenters. The van der Waals surface area contributed by atoms with Crippen LogP contribution >= 0.6 is 0 Å². The number of amides is 1. The lowest BCUT2D eigenvalue weighted by Gasteiger charge is -2.30. The second-order valence-corrected chi connectivity index (χ2v) is 5.07. The summed E-state index contributed by atoms with van der Waals surface area (Å²) in [5.41, 5.74) is 1.19. The van der Waals surface area contributed by atoms with Gasteiger partial charge in [-0.3, -0.25) is 4.79 Å². The Morgan fingerprint density at radius 2 is 2.00 bits per heavy atom. The van der Waals surface area contributed by atoms with Crippen molar-refractivity contribution in [3.8, 4) is 5.75 Å². The predicted octanol–water partition coefficient (Wildman–Crippen LogP) is 2.64. The summed E-state index contributed by atoms with van der Waals surface area (Å²) in [6.07, 6.45) is 2.71. The van der Waals surface area contributed by atoms with Gasteiger partial charge in [0, 0.05) is 12.6 Å². The van der Waals surface area contributed by atoms with Crippen LogP contribution in [0.5, 0.6) is 5.75 Å². The van der Waals surface area contributed by atoms with Crippen molar-refractivity contribution < 1.29 is 14.6 Å². The van der Waals surface area contributed by atoms with Gasteiger partial charge in [-0.25, -0.2) is 0 Å². The van der Waals surface area contributed by atoms with Crippen molar-refractivity contribution in [1.82, 2.24) is 4.90 Å². The Balaban J connectivity index is 2.64. The minimum atomic E-state index is -0.0698. The fraction of sp³-hybridized carbons (Fsp3) is 0.588. The molecule has 0 atom stereocenters. The molecule has 4 heteroatoms. The number of hydrogen-bond acceptors (Lipinski definition) is 3. The normalized spacial score (nSPS) is 10.7. The van der Waals surface area contributed by atoms with Gasteiger partial charge >= 0.3 is 0 Å². The molecule has 0 spiro atoms. The van der Waals surface area contributed by atoms with Crippen LogP contribution in [0.15, 0.2) is 24.3 Å². The van der Waals surface area contributed by atoms with E-state index in [1.807, 2.05) is 24.3 Å². The molecule has 1 rings (SSSR count). The number of ether oxygens (including phenoxy) is 1. The number of aryl methyl sites for hydroxylation is 1. The van der Waals surface area contributed by atoms with Crippen molar-refractivity contribution in [2.45, 2.75) is 46.1 Å². The van der Waals surface area contributed by atoms with Crippen molar-refractivity contribution in [3.05, 3.63) is 29.8 Å². The highest BCUT2D eigenvalue weighted by molar-refractivity contribution is 5.78. The number of rotatable bonds is 9. The Hall–Kier alpha value is -1.55. The first kappa shape index (κ1) is 17.5. The van der Waals surface area contributed by atoms with E-state index in [4.69, 9.17) is 9.84 Å². The Bertz CT molecular complexity index is 430. The van der Waals surface area contributed by atoms with E-state index in [9.17, 15) is 4.79 Å². The Morgan fingerprint density at radius 1 is 1.29 bits per heavy atom. The maximum Gasteiger partial charge on any atom is 0.260 e. The molecule has 118 valence electrons. The number of benzene rings is 1. The second-order valence-electron chi connectivity index (χ2n) is 5.07. The zero-order chi connectivity index (χ0) is 15.7. The largest absolute Gasteiger partial charge is 0.484 e. The topological polar surface area (TPSA) is 49.8 Å². The fourth-order valence-corrected chi connectivity index (χ4v) is 2.43. The van der Waals surface area contributed by atoms with Gasteiger partial charge in [-0.2, -0.15) is 0 Å². The molecule has 0 saturated carbocycles. The van der Waals surface area contributed by atoms with Gasteiger partial charge in [0.15, 0.2) is 6.61 Å². The molecule has 21 heavy (non-hydrogen) atoms. The van der Waals surface area contributed by atoms with Gasteiger partial charge < -0.3 is 14.7 Å². The van der Waals surface area contributed by atoms with Gasteiger partial charge in [-0.15, -0.1) is 0 Å². The molecule has 4 nitrogen and oxygen atoms in total. The molecule has 0 aromatic heterocycles. The average molecular weight is 293 g/mol. The fourth-order valence-electron chi connectivity index (χ4n) is 2.43. The second kappa shape index (κ2) is 9.40. The summed E-state index contributed by atoms with van der Waals surface area (Å²) in [6, 6.07) is 7.96. The van der Waals surface area contributed by atoms with Crippen LogP contribution in [0, 0.1) is 0 Å². The van der Waals surface area contributed by atoms with E-state index in [0.717, 1.165) is 25.0 Å². The minimum Gasteiger partial charge on any atom is -0.484 e. The van der Waals surface area contributed by atoms with Crippen LogP contribution in [0.3, 0.4) is 0 Å². The number of aliphatic hydroxyl groups excluding tert-OH is 1. The third-order valence-electron chi connectivity index (χ3n) is 3.71. The molecular weight excluding hydrogens is 266 g/mol. The maximum atomic E-state index is 12.3. The first-order valence-electron chi connectivity index (χ1n) is 7.78. The van der Waals surface area contributed by atoms with Crippen LogP contribution in [-0.2, 0) is 11.2 Å². The van der Waals surface area contributed by atoms with Crippen LogP contribution in [-0.4, -0.2) is 41.7 Å². The van der Waals surface area contributed by atoms with Gasteiger partial charge in [0.25, 0.3) is 5.91 Å². The van der Waals surface area contributed by atoms with E-state index >= 15 is 0 Å². The molecular formula is C17H27NO3. The SMILES string of the molecule is CCc1cccc(OCC(=O)N(CCO)C(CC)CC)c1. The van der Waals surface area contributed by atoms with E-state index in [1.165, 1.54) is 5.56 Å². The van der Waals surface area contributed by atoms with Gasteiger partial charge in [0.1, 0.15) is 5.75 Å². The summed E-state index contributed by atoms with van der Waals surface area (Å²) in [6.45, 7) is 6.55. The van der Waals surface area contributed by atoms with Crippen LogP contribution in [0.1, 0.15) is 39.2 Å². The molecule has 0 fully saturated rings. The standard InChI is InChI=1S/C17H27NO3/c1-4-14-8-7-9-16(12-14)21-13-17(20)18(10-11-19)15(5-2)6-3/h7-9,12,15,19H,4-6,10-11,13H2,1-3H3. The molecule has 0 bridgehead atoms. The van der Waals surface area contributed by atoms with Gasteiger partial charge in [-0.1, -0.05) is 32.9 Å². The summed E-state index contributed by atoms with van der Waals surface area (Å²) < 4.78 is 5.60. The number of carbonyl (C=O) groups is 1. The quantitative estimate of drug-likeness (QED) is 0.761. The first-order valence-corrected chi connectivity index (χ1v) is 7.78. The minimum absolute atomic E-state index is 0.0175. The number of carbonyl (C=O) groups excluding carboxylic acids is 1. The molecule has 0 aliphatic rings. The number of aliphatic hydroxyl groups is 1. The van der Waals surface area contributed by atoms with Crippen molar-refractivity contribution in [1.29, 1.82) is 0 Å². The van der Waals surface area contributed by atoms with Crippen LogP contribution in [0.4, 0.5) is 0 Å². The van der Waals surface area contributed by atoms with E-state index in [1.54, 1.807) is 4.90 Å². The smallest absolute Gasteiger partial charge is 0.260 e. The van der Waals surface area contributed by atoms with Crippen molar-refractivity contribution in [3.63, 3.8) is 0 Å². The highest BCUT2D eigenvalue weighted by Crippen LogP contribution is 2.15. The summed E-state index contributed by atoms with van der Waals surface area (Å²) in [4.78, 5) is 14.0. The van der Waals surface area contributed by atoms with Crippen molar-refractivity contribution in [2.75, 3.05) is 19.8 Å². The first-order chi connectivity index (χ1) is 10.2. The van der Waals surface area contributed by atoms with Gasteiger partial charge in [0.05, 0.1) is 6.61 Å².